The van der Waals surface area contributed by atoms with Crippen LogP contribution in [-0.4, -0.2) is 50.6 Å². The maximum Gasteiger partial charge on any atom is 0.272 e. The molecule has 4 saturated carbocycles. The maximum absolute atomic E-state index is 13.3. The standard InChI is InChI=1S/C24H28N4O.C20H18N4O.C19H17N5O.5C2H6.2CH4/c1-15-25-21(19-6-4-3-5-7-19)26-22-20(23(29)27(2)28(15)22)14-24-11-16-8-17(12-24)10-18(9-16)13-24;1-14-21-18(16-11-7-4-8-12-16)22-19-17(20(25)23(2)24(14)19)13-15-9-5-3-6-10-15;1-13-21-17(15-8-4-3-5-9-15)22-18-16(19(25)23(2)24(13)18)11-14-7-6-10-20-12-14;5*1-2;;/h3-7,16-18H,1,8-14H2,2H3,(H,25,26);3-12H,1,13H2,2H3,(H,21,22);3-10,12H,1,11H2,2H3,(H,21,22);5*1-2H3;2*1H4. The van der Waals surface area contributed by atoms with E-state index >= 15 is 0 Å². The molecule has 0 unspecified atom stereocenters. The van der Waals surface area contributed by atoms with Crippen molar-refractivity contribution in [3.05, 3.63) is 241 Å². The minimum atomic E-state index is -0.0835. The molecule has 4 aromatic heterocycles. The van der Waals surface area contributed by atoms with Crippen LogP contribution in [0.4, 0.5) is 17.5 Å². The highest BCUT2D eigenvalue weighted by molar-refractivity contribution is 6.06. The van der Waals surface area contributed by atoms with E-state index < -0.39 is 0 Å². The first-order valence-corrected chi connectivity index (χ1v) is 32.0. The first-order chi connectivity index (χ1) is 43.3. The summed E-state index contributed by atoms with van der Waals surface area (Å²) in [6.45, 7) is 32.3. The number of aromatic nitrogens is 7. The van der Waals surface area contributed by atoms with Gasteiger partial charge in [0.25, 0.3) is 16.7 Å². The van der Waals surface area contributed by atoms with Crippen molar-refractivity contribution < 1.29 is 0 Å². The fourth-order valence-electron chi connectivity index (χ4n) is 13.2. The molecule has 0 saturated heterocycles. The number of amidine groups is 3. The minimum Gasteiger partial charge on any atom is -0.325 e. The van der Waals surface area contributed by atoms with Gasteiger partial charge in [0.15, 0.2) is 17.5 Å². The number of hydrogen-bond acceptors (Lipinski definition) is 10. The van der Waals surface area contributed by atoms with E-state index in [0.29, 0.717) is 70.2 Å². The van der Waals surface area contributed by atoms with Crippen molar-refractivity contribution in [2.75, 3.05) is 0 Å². The Morgan fingerprint density at radius 3 is 1.05 bits per heavy atom. The van der Waals surface area contributed by atoms with Crippen molar-refractivity contribution in [1.29, 1.82) is 0 Å². The number of aliphatic imine (C=N–C) groups is 3. The SMILES string of the molecule is C.C.C=C1NC(c2ccccc2)=Nc2c(CC34CC5CC(CC(C5)C3)C4)c(=O)n(C)n21.C=C1NC(c2ccccc2)=Nc2c(Cc3ccccc3)c(=O)n(C)n21.C=C1NC(c2ccccc2)=Nc2c(Cc3cccnc3)c(=O)n(C)n21.CC.CC.CC.CC.CC. The molecule has 0 spiro atoms. The Kier molecular flexibility index (Phi) is 26.7. The molecular formula is C75H101N13O3. The molecule has 0 amide bonds. The molecule has 4 aromatic carbocycles. The largest absolute Gasteiger partial charge is 0.325 e. The third-order valence-electron chi connectivity index (χ3n) is 16.4. The van der Waals surface area contributed by atoms with Gasteiger partial charge in [0.05, 0.1) is 16.7 Å². The number of nitrogens with zero attached hydrogens (tertiary/aromatic N) is 10. The summed E-state index contributed by atoms with van der Waals surface area (Å²) in [5.41, 5.74) is 7.38. The van der Waals surface area contributed by atoms with Gasteiger partial charge in [0.1, 0.15) is 35.0 Å². The minimum absolute atomic E-state index is 0. The molecule has 3 N–H and O–H groups in total. The first kappa shape index (κ1) is 72.4. The Balaban J connectivity index is 0.000000230. The van der Waals surface area contributed by atoms with Crippen molar-refractivity contribution in [2.45, 2.75) is 142 Å². The molecule has 0 atom stereocenters. The molecule has 4 bridgehead atoms. The average molecular weight is 1230 g/mol. The van der Waals surface area contributed by atoms with Crippen LogP contribution < -0.4 is 32.6 Å². The monoisotopic (exact) mass is 1230 g/mol. The van der Waals surface area contributed by atoms with E-state index in [0.717, 1.165) is 69.2 Å². The molecule has 4 fully saturated rings. The molecule has 0 radical (unpaired) electrons. The van der Waals surface area contributed by atoms with Gasteiger partial charge in [-0.05, 0) is 85.3 Å². The van der Waals surface area contributed by atoms with Crippen LogP contribution in [-0.2, 0) is 40.4 Å². The van der Waals surface area contributed by atoms with E-state index in [4.69, 9.17) is 15.0 Å². The highest BCUT2D eigenvalue weighted by Crippen LogP contribution is 2.61. The summed E-state index contributed by atoms with van der Waals surface area (Å²) >= 11 is 0. The Morgan fingerprint density at radius 1 is 0.429 bits per heavy atom. The molecule has 8 aromatic rings. The summed E-state index contributed by atoms with van der Waals surface area (Å²) in [4.78, 5) is 57.3. The second-order valence-electron chi connectivity index (χ2n) is 21.8. The van der Waals surface area contributed by atoms with Gasteiger partial charge in [-0.3, -0.25) is 19.4 Å². The number of nitrogens with one attached hydrogen (secondary N) is 3. The summed E-state index contributed by atoms with van der Waals surface area (Å²) in [5, 5.41) is 9.66. The van der Waals surface area contributed by atoms with Gasteiger partial charge in [-0.15, -0.1) is 0 Å². The lowest BCUT2D eigenvalue weighted by Gasteiger charge is -2.57. The van der Waals surface area contributed by atoms with Crippen molar-refractivity contribution >= 4 is 52.4 Å². The molecule has 16 nitrogen and oxygen atoms in total. The van der Waals surface area contributed by atoms with E-state index in [1.807, 2.05) is 214 Å². The van der Waals surface area contributed by atoms with E-state index in [1.165, 1.54) is 43.2 Å². The van der Waals surface area contributed by atoms with E-state index in [2.05, 4.69) is 40.7 Å². The average Bonchev–Trinajstić information content (AvgIpc) is 1.75. The lowest BCUT2D eigenvalue weighted by molar-refractivity contribution is -0.0522. The van der Waals surface area contributed by atoms with Gasteiger partial charge in [-0.25, -0.2) is 43.1 Å². The van der Waals surface area contributed by atoms with Crippen LogP contribution in [0.15, 0.2) is 195 Å². The highest BCUT2D eigenvalue weighted by atomic mass is 16.1. The summed E-state index contributed by atoms with van der Waals surface area (Å²) in [6.07, 6.45) is 13.5. The molecule has 3 aliphatic heterocycles. The molecule has 15 rings (SSSR count). The Bertz CT molecular complexity index is 3760. The predicted molar refractivity (Wildman–Crippen MR) is 383 cm³/mol. The van der Waals surface area contributed by atoms with Crippen LogP contribution in [0.5, 0.6) is 0 Å². The van der Waals surface area contributed by atoms with Crippen LogP contribution in [0.1, 0.15) is 167 Å². The lowest BCUT2D eigenvalue weighted by Crippen LogP contribution is -2.47. The van der Waals surface area contributed by atoms with E-state index in [-0.39, 0.29) is 31.5 Å². The molecular weight excluding hydrogens is 1130 g/mol. The zero-order chi connectivity index (χ0) is 64.5. The third kappa shape index (κ3) is 15.6. The van der Waals surface area contributed by atoms with Gasteiger partial charge in [-0.2, -0.15) is 0 Å². The molecule has 7 aliphatic rings. The smallest absolute Gasteiger partial charge is 0.272 e. The number of fused-ring (bicyclic) bond motifs is 3. The zero-order valence-corrected chi connectivity index (χ0v) is 54.8. The van der Waals surface area contributed by atoms with Crippen molar-refractivity contribution in [3.63, 3.8) is 0 Å². The van der Waals surface area contributed by atoms with E-state index in [9.17, 15) is 14.4 Å². The normalized spacial score (nSPS) is 17.8. The number of hydrogen-bond donors (Lipinski definition) is 3. The fraction of sp³-hybridized carbons (Fsp3) is 0.373. The summed E-state index contributed by atoms with van der Waals surface area (Å²) in [7, 11) is 5.27. The molecule has 91 heavy (non-hydrogen) atoms. The second kappa shape index (κ2) is 33.5. The van der Waals surface area contributed by atoms with Gasteiger partial charge in [0.2, 0.25) is 0 Å². The van der Waals surface area contributed by atoms with Crippen LogP contribution in [0.25, 0.3) is 17.5 Å². The van der Waals surface area contributed by atoms with Gasteiger partial charge < -0.3 is 16.0 Å². The highest BCUT2D eigenvalue weighted by Gasteiger charge is 2.51. The van der Waals surface area contributed by atoms with Crippen LogP contribution in [0, 0.1) is 23.2 Å². The second-order valence-corrected chi connectivity index (χ2v) is 21.8. The summed E-state index contributed by atoms with van der Waals surface area (Å²) in [6, 6.07) is 43.5. The Labute approximate surface area is 541 Å². The lowest BCUT2D eigenvalue weighted by atomic mass is 9.48. The molecule has 7 heterocycles. The van der Waals surface area contributed by atoms with Crippen LogP contribution >= 0.6 is 0 Å². The number of rotatable bonds is 9. The summed E-state index contributed by atoms with van der Waals surface area (Å²) in [5.74, 6) is 8.71. The molecule has 484 valence electrons. The molecule has 4 aliphatic carbocycles. The van der Waals surface area contributed by atoms with E-state index in [1.54, 1.807) is 45.2 Å². The third-order valence-corrected chi connectivity index (χ3v) is 16.4. The van der Waals surface area contributed by atoms with Gasteiger partial charge >= 0.3 is 0 Å². The first-order valence-electron chi connectivity index (χ1n) is 32.0. The molecule has 16 heteroatoms. The van der Waals surface area contributed by atoms with Crippen molar-refractivity contribution in [1.82, 2.24) is 49.0 Å². The van der Waals surface area contributed by atoms with Crippen LogP contribution in [0.2, 0.25) is 0 Å². The van der Waals surface area contributed by atoms with Gasteiger partial charge in [-0.1, -0.05) is 231 Å². The number of benzene rings is 4. The quantitative estimate of drug-likeness (QED) is 0.129. The Hall–Kier alpha value is -9.31. The maximum atomic E-state index is 13.3. The predicted octanol–water partition coefficient (Wildman–Crippen LogP) is 15.6. The topological polar surface area (TPSA) is 167 Å². The van der Waals surface area contributed by atoms with Crippen molar-refractivity contribution in [3.8, 4) is 0 Å². The van der Waals surface area contributed by atoms with Crippen LogP contribution in [0.3, 0.4) is 0 Å². The summed E-state index contributed by atoms with van der Waals surface area (Å²) < 4.78 is 10.0. The van der Waals surface area contributed by atoms with Crippen molar-refractivity contribution in [2.24, 2.45) is 59.3 Å². The number of pyridine rings is 1. The van der Waals surface area contributed by atoms with Gasteiger partial charge in [0, 0.05) is 63.1 Å². The Morgan fingerprint density at radius 2 is 0.725 bits per heavy atom. The fourth-order valence-corrected chi connectivity index (χ4v) is 13.2. The zero-order valence-electron chi connectivity index (χ0n) is 54.8.